The lowest BCUT2D eigenvalue weighted by Gasteiger charge is -2.34. The van der Waals surface area contributed by atoms with E-state index in [2.05, 4.69) is 10.6 Å². The molecule has 0 saturated carbocycles. The molecular weight excluding hydrogens is 368 g/mol. The largest absolute Gasteiger partial charge is 0.352 e. The van der Waals surface area contributed by atoms with Crippen LogP contribution < -0.4 is 10.6 Å². The van der Waals surface area contributed by atoms with Gasteiger partial charge in [0.25, 0.3) is 5.91 Å². The average Bonchev–Trinajstić information content (AvgIpc) is 2.75. The van der Waals surface area contributed by atoms with Gasteiger partial charge in [-0.2, -0.15) is 0 Å². The van der Waals surface area contributed by atoms with Crippen LogP contribution in [-0.4, -0.2) is 66.8 Å². The molecule has 2 N–H and O–H groups in total. The Labute approximate surface area is 170 Å². The fraction of sp³-hybridized carbons (Fsp3) is 0.318. The quantitative estimate of drug-likeness (QED) is 0.747. The number of rotatable bonds is 7. The normalized spacial score (nSPS) is 14.3. The summed E-state index contributed by atoms with van der Waals surface area (Å²) in [5, 5.41) is 5.65. The number of hydrogen-bond donors (Lipinski definition) is 2. The number of piperazine rings is 1. The van der Waals surface area contributed by atoms with Gasteiger partial charge in [0, 0.05) is 50.4 Å². The van der Waals surface area contributed by atoms with E-state index >= 15 is 0 Å². The van der Waals surface area contributed by atoms with E-state index < -0.39 is 0 Å². The summed E-state index contributed by atoms with van der Waals surface area (Å²) < 4.78 is 0. The van der Waals surface area contributed by atoms with Crippen molar-refractivity contribution in [3.63, 3.8) is 0 Å². The molecule has 0 bridgehead atoms. The molecule has 7 nitrogen and oxygen atoms in total. The Morgan fingerprint density at radius 1 is 0.828 bits per heavy atom. The summed E-state index contributed by atoms with van der Waals surface area (Å²) in [6, 6.07) is 18.3. The Balaban J connectivity index is 1.34. The number of nitrogens with zero attached hydrogens (tertiary/aromatic N) is 2. The van der Waals surface area contributed by atoms with Gasteiger partial charge in [-0.3, -0.25) is 19.3 Å². The van der Waals surface area contributed by atoms with Crippen molar-refractivity contribution in [2.75, 3.05) is 44.6 Å². The third kappa shape index (κ3) is 6.43. The first-order chi connectivity index (χ1) is 14.1. The number of carbonyl (C=O) groups excluding carboxylic acids is 3. The number of carbonyl (C=O) groups is 3. The van der Waals surface area contributed by atoms with Crippen LogP contribution in [0.25, 0.3) is 0 Å². The second-order valence-electron chi connectivity index (χ2n) is 6.94. The Hall–Kier alpha value is -3.19. The van der Waals surface area contributed by atoms with E-state index in [4.69, 9.17) is 0 Å². The average molecular weight is 394 g/mol. The fourth-order valence-corrected chi connectivity index (χ4v) is 3.21. The van der Waals surface area contributed by atoms with Gasteiger partial charge in [0.2, 0.25) is 11.8 Å². The van der Waals surface area contributed by atoms with Gasteiger partial charge in [-0.05, 0) is 24.3 Å². The van der Waals surface area contributed by atoms with Crippen LogP contribution in [0.5, 0.6) is 0 Å². The van der Waals surface area contributed by atoms with Gasteiger partial charge in [0.15, 0.2) is 0 Å². The second kappa shape index (κ2) is 10.4. The van der Waals surface area contributed by atoms with E-state index in [-0.39, 0.29) is 24.1 Å². The molecule has 0 aromatic heterocycles. The van der Waals surface area contributed by atoms with Crippen LogP contribution in [0.2, 0.25) is 0 Å². The fourth-order valence-electron chi connectivity index (χ4n) is 3.21. The number of amides is 3. The number of anilines is 1. The van der Waals surface area contributed by atoms with Crippen molar-refractivity contribution in [2.24, 2.45) is 0 Å². The Kier molecular flexibility index (Phi) is 7.35. The molecular formula is C22H26N4O3. The Bertz CT molecular complexity index is 818. The number of hydrogen-bond acceptors (Lipinski definition) is 4. The van der Waals surface area contributed by atoms with E-state index in [0.717, 1.165) is 5.69 Å². The molecule has 152 valence electrons. The first-order valence-corrected chi connectivity index (χ1v) is 9.80. The highest BCUT2D eigenvalue weighted by atomic mass is 16.2. The molecule has 1 aliphatic heterocycles. The molecule has 0 atom stereocenters. The third-order valence-electron chi connectivity index (χ3n) is 4.81. The maximum absolute atomic E-state index is 12.4. The standard InChI is InChI=1S/C22H26N4O3/c27-20(24-19-9-5-2-6-10-19)17-25-13-15-26(16-14-25)21(28)11-12-23-22(29)18-7-3-1-4-8-18/h1-10H,11-17H2,(H,23,29)(H,24,27). The zero-order valence-corrected chi connectivity index (χ0v) is 16.3. The monoisotopic (exact) mass is 394 g/mol. The van der Waals surface area contributed by atoms with Crippen LogP contribution in [-0.2, 0) is 9.59 Å². The summed E-state index contributed by atoms with van der Waals surface area (Å²) in [6.07, 6.45) is 0.271. The summed E-state index contributed by atoms with van der Waals surface area (Å²) in [7, 11) is 0. The molecule has 3 rings (SSSR count). The van der Waals surface area contributed by atoms with E-state index in [1.54, 1.807) is 29.2 Å². The Morgan fingerprint density at radius 3 is 2.10 bits per heavy atom. The van der Waals surface area contributed by atoms with Gasteiger partial charge in [0.1, 0.15) is 0 Å². The summed E-state index contributed by atoms with van der Waals surface area (Å²) in [5.41, 5.74) is 1.37. The predicted octanol–water partition coefficient (Wildman–Crippen LogP) is 1.59. The highest BCUT2D eigenvalue weighted by molar-refractivity contribution is 5.94. The van der Waals surface area contributed by atoms with Crippen molar-refractivity contribution < 1.29 is 14.4 Å². The molecule has 7 heteroatoms. The molecule has 0 aliphatic carbocycles. The minimum absolute atomic E-state index is 0.0201. The third-order valence-corrected chi connectivity index (χ3v) is 4.81. The van der Waals surface area contributed by atoms with E-state index in [1.165, 1.54) is 0 Å². The number of nitrogens with one attached hydrogen (secondary N) is 2. The van der Waals surface area contributed by atoms with Crippen LogP contribution in [0.1, 0.15) is 16.8 Å². The molecule has 3 amide bonds. The van der Waals surface area contributed by atoms with Crippen molar-refractivity contribution in [1.82, 2.24) is 15.1 Å². The van der Waals surface area contributed by atoms with Gasteiger partial charge in [-0.15, -0.1) is 0 Å². The molecule has 1 heterocycles. The van der Waals surface area contributed by atoms with Crippen LogP contribution in [0.4, 0.5) is 5.69 Å². The molecule has 1 aliphatic rings. The smallest absolute Gasteiger partial charge is 0.251 e. The van der Waals surface area contributed by atoms with Gasteiger partial charge in [-0.25, -0.2) is 0 Å². The highest BCUT2D eigenvalue weighted by Crippen LogP contribution is 2.07. The molecule has 0 unspecified atom stereocenters. The maximum Gasteiger partial charge on any atom is 0.251 e. The predicted molar refractivity (Wildman–Crippen MR) is 111 cm³/mol. The van der Waals surface area contributed by atoms with Crippen molar-refractivity contribution in [3.8, 4) is 0 Å². The van der Waals surface area contributed by atoms with Crippen molar-refractivity contribution in [1.29, 1.82) is 0 Å². The first-order valence-electron chi connectivity index (χ1n) is 9.80. The zero-order valence-electron chi connectivity index (χ0n) is 16.3. The highest BCUT2D eigenvalue weighted by Gasteiger charge is 2.22. The summed E-state index contributed by atoms with van der Waals surface area (Å²) in [5.74, 6) is -0.209. The van der Waals surface area contributed by atoms with Crippen LogP contribution in [0, 0.1) is 0 Å². The Morgan fingerprint density at radius 2 is 1.45 bits per heavy atom. The number of para-hydroxylation sites is 1. The minimum atomic E-state index is -0.173. The summed E-state index contributed by atoms with van der Waals surface area (Å²) >= 11 is 0. The molecule has 0 radical (unpaired) electrons. The lowest BCUT2D eigenvalue weighted by atomic mass is 10.2. The molecule has 29 heavy (non-hydrogen) atoms. The summed E-state index contributed by atoms with van der Waals surface area (Å²) in [4.78, 5) is 40.3. The first kappa shape index (κ1) is 20.5. The molecule has 1 saturated heterocycles. The maximum atomic E-state index is 12.4. The topological polar surface area (TPSA) is 81.8 Å². The zero-order chi connectivity index (χ0) is 20.5. The molecule has 2 aromatic rings. The van der Waals surface area contributed by atoms with Gasteiger partial charge in [0.05, 0.1) is 6.54 Å². The second-order valence-corrected chi connectivity index (χ2v) is 6.94. The van der Waals surface area contributed by atoms with Crippen LogP contribution in [0.3, 0.4) is 0 Å². The SMILES string of the molecule is O=C(CN1CCN(C(=O)CCNC(=O)c2ccccc2)CC1)Nc1ccccc1. The molecule has 1 fully saturated rings. The molecule has 0 spiro atoms. The van der Waals surface area contributed by atoms with Crippen molar-refractivity contribution >= 4 is 23.4 Å². The summed E-state index contributed by atoms with van der Waals surface area (Å²) in [6.45, 7) is 3.11. The van der Waals surface area contributed by atoms with Crippen LogP contribution >= 0.6 is 0 Å². The van der Waals surface area contributed by atoms with E-state index in [1.807, 2.05) is 41.3 Å². The van der Waals surface area contributed by atoms with Crippen molar-refractivity contribution in [3.05, 3.63) is 66.2 Å². The van der Waals surface area contributed by atoms with E-state index in [0.29, 0.717) is 44.8 Å². The van der Waals surface area contributed by atoms with Gasteiger partial charge >= 0.3 is 0 Å². The van der Waals surface area contributed by atoms with Gasteiger partial charge < -0.3 is 15.5 Å². The lowest BCUT2D eigenvalue weighted by Crippen LogP contribution is -2.50. The van der Waals surface area contributed by atoms with E-state index in [9.17, 15) is 14.4 Å². The number of benzene rings is 2. The van der Waals surface area contributed by atoms with Crippen LogP contribution in [0.15, 0.2) is 60.7 Å². The lowest BCUT2D eigenvalue weighted by molar-refractivity contribution is -0.132. The van der Waals surface area contributed by atoms with Gasteiger partial charge in [-0.1, -0.05) is 36.4 Å². The minimum Gasteiger partial charge on any atom is -0.352 e. The molecule has 2 aromatic carbocycles. The van der Waals surface area contributed by atoms with Crippen molar-refractivity contribution in [2.45, 2.75) is 6.42 Å².